The first kappa shape index (κ1) is 16.1. The fraction of sp³-hybridized carbons (Fsp3) is 0.150. The number of hydrogen-bond donors (Lipinski definition) is 1. The van der Waals surface area contributed by atoms with Crippen molar-refractivity contribution in [2.24, 2.45) is 0 Å². The topological polar surface area (TPSA) is 67.4 Å². The highest BCUT2D eigenvalue weighted by molar-refractivity contribution is 5.91. The van der Waals surface area contributed by atoms with Crippen molar-refractivity contribution >= 4 is 11.7 Å². The van der Waals surface area contributed by atoms with Gasteiger partial charge in [0.05, 0.1) is 0 Å². The first-order chi connectivity index (χ1) is 12.7. The van der Waals surface area contributed by atoms with Crippen LogP contribution in [-0.2, 0) is 13.1 Å². The van der Waals surface area contributed by atoms with Gasteiger partial charge in [0.15, 0.2) is 11.5 Å². The number of carbonyl (C=O) groups is 1. The zero-order valence-corrected chi connectivity index (χ0v) is 14.3. The molecule has 0 fully saturated rings. The zero-order chi connectivity index (χ0) is 17.9. The van der Waals surface area contributed by atoms with Crippen LogP contribution in [0, 0.1) is 0 Å². The third-order valence-electron chi connectivity index (χ3n) is 4.32. The molecule has 2 aromatic carbocycles. The summed E-state index contributed by atoms with van der Waals surface area (Å²) >= 11 is 0. The first-order valence-corrected chi connectivity index (χ1v) is 8.39. The maximum absolute atomic E-state index is 11.7. The number of rotatable bonds is 2. The highest BCUT2D eigenvalue weighted by Gasteiger charge is 2.19. The van der Waals surface area contributed by atoms with Gasteiger partial charge in [-0.2, -0.15) is 0 Å². The molecule has 1 aliphatic rings. The maximum Gasteiger partial charge on any atom is 0.271 e. The van der Waals surface area contributed by atoms with Crippen LogP contribution in [0.4, 0.5) is 5.82 Å². The minimum absolute atomic E-state index is 0.249. The van der Waals surface area contributed by atoms with Crippen LogP contribution in [0.3, 0.4) is 0 Å². The van der Waals surface area contributed by atoms with E-state index in [1.165, 1.54) is 0 Å². The molecule has 2 heterocycles. The Hall–Kier alpha value is -3.41. The van der Waals surface area contributed by atoms with E-state index in [1.807, 2.05) is 54.6 Å². The number of amides is 1. The SMILES string of the molecule is CNC(=O)c1ccc(N2Cc3ccccc3Oc3ccccc3C2)nn1. The molecule has 0 aliphatic carbocycles. The minimum Gasteiger partial charge on any atom is -0.457 e. The van der Waals surface area contributed by atoms with E-state index in [-0.39, 0.29) is 5.91 Å². The Balaban J connectivity index is 1.73. The number of anilines is 1. The highest BCUT2D eigenvalue weighted by Crippen LogP contribution is 2.33. The lowest BCUT2D eigenvalue weighted by Crippen LogP contribution is -2.26. The smallest absolute Gasteiger partial charge is 0.271 e. The van der Waals surface area contributed by atoms with Crippen LogP contribution < -0.4 is 15.0 Å². The summed E-state index contributed by atoms with van der Waals surface area (Å²) in [6.07, 6.45) is 0. The predicted molar refractivity (Wildman–Crippen MR) is 98.3 cm³/mol. The van der Waals surface area contributed by atoms with E-state index >= 15 is 0 Å². The van der Waals surface area contributed by atoms with Crippen LogP contribution in [0.2, 0.25) is 0 Å². The average Bonchev–Trinajstić information content (AvgIpc) is 2.68. The molecular weight excluding hydrogens is 328 g/mol. The fourth-order valence-electron chi connectivity index (χ4n) is 2.96. The van der Waals surface area contributed by atoms with E-state index in [0.717, 1.165) is 22.6 Å². The molecule has 0 spiro atoms. The number of carbonyl (C=O) groups excluding carboxylic acids is 1. The molecule has 1 N–H and O–H groups in total. The molecule has 0 atom stereocenters. The number of hydrogen-bond acceptors (Lipinski definition) is 5. The van der Waals surface area contributed by atoms with E-state index < -0.39 is 0 Å². The van der Waals surface area contributed by atoms with Crippen LogP contribution in [0.15, 0.2) is 60.7 Å². The molecule has 1 amide bonds. The van der Waals surface area contributed by atoms with Crippen molar-refractivity contribution in [1.29, 1.82) is 0 Å². The molecule has 4 rings (SSSR count). The molecule has 0 radical (unpaired) electrons. The monoisotopic (exact) mass is 346 g/mol. The Bertz CT molecular complexity index is 893. The number of fused-ring (bicyclic) bond motifs is 2. The van der Waals surface area contributed by atoms with Crippen molar-refractivity contribution in [3.8, 4) is 11.5 Å². The van der Waals surface area contributed by atoms with Crippen LogP contribution in [0.5, 0.6) is 11.5 Å². The van der Waals surface area contributed by atoms with Crippen LogP contribution in [0.25, 0.3) is 0 Å². The summed E-state index contributed by atoms with van der Waals surface area (Å²) in [5.41, 5.74) is 2.44. The quantitative estimate of drug-likeness (QED) is 0.772. The van der Waals surface area contributed by atoms with Crippen LogP contribution in [-0.4, -0.2) is 23.2 Å². The van der Waals surface area contributed by atoms with Crippen LogP contribution in [0.1, 0.15) is 21.6 Å². The van der Waals surface area contributed by atoms with Gasteiger partial charge in [0.25, 0.3) is 5.91 Å². The molecular formula is C20H18N4O2. The standard InChI is InChI=1S/C20H18N4O2/c1-21-20(25)16-10-11-19(23-22-16)24-12-14-6-2-4-8-17(14)26-18-9-5-3-7-15(18)13-24/h2-11H,12-13H2,1H3,(H,21,25). The van der Waals surface area contributed by atoms with Gasteiger partial charge in [-0.25, -0.2) is 0 Å². The molecule has 0 unspecified atom stereocenters. The van der Waals surface area contributed by atoms with Gasteiger partial charge in [-0.3, -0.25) is 4.79 Å². The third-order valence-corrected chi connectivity index (χ3v) is 4.32. The third kappa shape index (κ3) is 3.09. The predicted octanol–water partition coefficient (Wildman–Crippen LogP) is 3.15. The first-order valence-electron chi connectivity index (χ1n) is 8.39. The normalized spacial score (nSPS) is 12.9. The molecule has 130 valence electrons. The van der Waals surface area contributed by atoms with Gasteiger partial charge in [-0.1, -0.05) is 36.4 Å². The van der Waals surface area contributed by atoms with E-state index in [9.17, 15) is 4.79 Å². The second-order valence-corrected chi connectivity index (χ2v) is 6.03. The lowest BCUT2D eigenvalue weighted by molar-refractivity contribution is 0.0957. The molecule has 1 aromatic heterocycles. The number of ether oxygens (including phenoxy) is 1. The molecule has 0 saturated heterocycles. The zero-order valence-electron chi connectivity index (χ0n) is 14.3. The second kappa shape index (κ2) is 6.84. The van der Waals surface area contributed by atoms with E-state index in [2.05, 4.69) is 20.4 Å². The molecule has 6 heteroatoms. The number of nitrogens with zero attached hydrogens (tertiary/aromatic N) is 3. The lowest BCUT2D eigenvalue weighted by atomic mass is 10.1. The largest absolute Gasteiger partial charge is 0.457 e. The summed E-state index contributed by atoms with van der Waals surface area (Å²) in [7, 11) is 1.57. The van der Waals surface area contributed by atoms with E-state index in [0.29, 0.717) is 24.6 Å². The van der Waals surface area contributed by atoms with Crippen molar-refractivity contribution in [3.05, 3.63) is 77.5 Å². The van der Waals surface area contributed by atoms with Gasteiger partial charge in [-0.15, -0.1) is 10.2 Å². The summed E-state index contributed by atoms with van der Waals surface area (Å²) < 4.78 is 6.12. The van der Waals surface area contributed by atoms with Gasteiger partial charge < -0.3 is 15.0 Å². The summed E-state index contributed by atoms with van der Waals surface area (Å²) in [5.74, 6) is 2.13. The molecule has 26 heavy (non-hydrogen) atoms. The van der Waals surface area contributed by atoms with Crippen LogP contribution >= 0.6 is 0 Å². The second-order valence-electron chi connectivity index (χ2n) is 6.03. The number of para-hydroxylation sites is 2. The molecule has 1 aliphatic heterocycles. The minimum atomic E-state index is -0.249. The number of aromatic nitrogens is 2. The Morgan fingerprint density at radius 3 is 2.08 bits per heavy atom. The van der Waals surface area contributed by atoms with Crippen molar-refractivity contribution < 1.29 is 9.53 Å². The van der Waals surface area contributed by atoms with Gasteiger partial charge in [-0.05, 0) is 24.3 Å². The van der Waals surface area contributed by atoms with E-state index in [1.54, 1.807) is 13.1 Å². The van der Waals surface area contributed by atoms with Crippen molar-refractivity contribution in [3.63, 3.8) is 0 Å². The molecule has 0 bridgehead atoms. The number of nitrogens with one attached hydrogen (secondary N) is 1. The Labute approximate surface area is 151 Å². The van der Waals surface area contributed by atoms with E-state index in [4.69, 9.17) is 4.74 Å². The maximum atomic E-state index is 11.7. The lowest BCUT2D eigenvalue weighted by Gasteiger charge is -2.28. The Kier molecular flexibility index (Phi) is 4.23. The van der Waals surface area contributed by atoms with Crippen molar-refractivity contribution in [1.82, 2.24) is 15.5 Å². The van der Waals surface area contributed by atoms with Crippen molar-refractivity contribution in [2.45, 2.75) is 13.1 Å². The molecule has 6 nitrogen and oxygen atoms in total. The summed E-state index contributed by atoms with van der Waals surface area (Å²) in [6.45, 7) is 1.27. The van der Waals surface area contributed by atoms with Crippen molar-refractivity contribution in [2.75, 3.05) is 11.9 Å². The Morgan fingerprint density at radius 1 is 0.923 bits per heavy atom. The average molecular weight is 346 g/mol. The fourth-order valence-corrected chi connectivity index (χ4v) is 2.96. The highest BCUT2D eigenvalue weighted by atomic mass is 16.5. The van der Waals surface area contributed by atoms with Gasteiger partial charge >= 0.3 is 0 Å². The number of benzene rings is 2. The summed E-state index contributed by atoms with van der Waals surface area (Å²) in [6, 6.07) is 19.5. The van der Waals surface area contributed by atoms with Gasteiger partial charge in [0.1, 0.15) is 11.5 Å². The molecule has 0 saturated carbocycles. The summed E-state index contributed by atoms with van der Waals surface area (Å²) in [5, 5.41) is 10.9. The molecule has 3 aromatic rings. The Morgan fingerprint density at radius 2 is 1.54 bits per heavy atom. The van der Waals surface area contributed by atoms with Gasteiger partial charge in [0.2, 0.25) is 0 Å². The summed E-state index contributed by atoms with van der Waals surface area (Å²) in [4.78, 5) is 13.8. The van der Waals surface area contributed by atoms with Gasteiger partial charge in [0, 0.05) is 31.3 Å².